The molecule has 0 aromatic heterocycles. The third-order valence-electron chi connectivity index (χ3n) is 3.21. The number of hydrogen-bond donors (Lipinski definition) is 2. The van der Waals surface area contributed by atoms with Crippen LogP contribution in [-0.2, 0) is 9.53 Å². The molecule has 0 spiro atoms. The molecule has 0 aliphatic carbocycles. The minimum absolute atomic E-state index is 0.210. The van der Waals surface area contributed by atoms with Crippen molar-refractivity contribution in [2.45, 2.75) is 13.0 Å². The number of thiocarbonyl (C=S) groups is 1. The summed E-state index contributed by atoms with van der Waals surface area (Å²) in [4.78, 5) is 12.0. The SMILES string of the molecule is C#CCOc1ccc([C@@H]2NC(=S)NC(C)=C2C(=O)OC)cc1. The Morgan fingerprint density at radius 1 is 1.41 bits per heavy atom. The smallest absolute Gasteiger partial charge is 0.337 e. The van der Waals surface area contributed by atoms with Crippen LogP contribution in [0.15, 0.2) is 35.5 Å². The molecule has 0 radical (unpaired) electrons. The normalized spacial score (nSPS) is 17.1. The Bertz CT molecular complexity index is 659. The Labute approximate surface area is 134 Å². The summed E-state index contributed by atoms with van der Waals surface area (Å²) in [5.74, 6) is 2.67. The average Bonchev–Trinajstić information content (AvgIpc) is 2.52. The van der Waals surface area contributed by atoms with Crippen LogP contribution in [0.5, 0.6) is 5.75 Å². The Morgan fingerprint density at radius 2 is 2.09 bits per heavy atom. The molecule has 1 aliphatic rings. The number of allylic oxidation sites excluding steroid dienone is 1. The van der Waals surface area contributed by atoms with E-state index in [0.717, 1.165) is 5.56 Å². The predicted molar refractivity (Wildman–Crippen MR) is 87.1 cm³/mol. The first kappa shape index (κ1) is 15.9. The molecule has 1 aromatic carbocycles. The van der Waals surface area contributed by atoms with Crippen LogP contribution in [0.3, 0.4) is 0 Å². The second-order valence-electron chi connectivity index (χ2n) is 4.62. The van der Waals surface area contributed by atoms with Crippen molar-refractivity contribution in [1.82, 2.24) is 10.6 Å². The van der Waals surface area contributed by atoms with E-state index in [4.69, 9.17) is 28.1 Å². The lowest BCUT2D eigenvalue weighted by atomic mass is 9.95. The summed E-state index contributed by atoms with van der Waals surface area (Å²) >= 11 is 5.16. The highest BCUT2D eigenvalue weighted by Gasteiger charge is 2.30. The third kappa shape index (κ3) is 3.38. The lowest BCUT2D eigenvalue weighted by molar-refractivity contribution is -0.136. The molecule has 0 unspecified atom stereocenters. The molecule has 0 bridgehead atoms. The van der Waals surface area contributed by atoms with Gasteiger partial charge in [-0.25, -0.2) is 4.79 Å². The topological polar surface area (TPSA) is 59.6 Å². The first-order valence-corrected chi connectivity index (χ1v) is 7.00. The second kappa shape index (κ2) is 6.96. The van der Waals surface area contributed by atoms with Gasteiger partial charge >= 0.3 is 5.97 Å². The molecule has 0 fully saturated rings. The van der Waals surface area contributed by atoms with E-state index in [1.807, 2.05) is 12.1 Å². The zero-order valence-electron chi connectivity index (χ0n) is 12.3. The van der Waals surface area contributed by atoms with Crippen LogP contribution < -0.4 is 15.4 Å². The van der Waals surface area contributed by atoms with Gasteiger partial charge in [-0.1, -0.05) is 18.1 Å². The van der Waals surface area contributed by atoms with Gasteiger partial charge in [0.2, 0.25) is 0 Å². The molecular formula is C16H16N2O3S. The Balaban J connectivity index is 2.32. The van der Waals surface area contributed by atoms with Crippen molar-refractivity contribution in [3.05, 3.63) is 41.1 Å². The highest BCUT2D eigenvalue weighted by atomic mass is 32.1. The van der Waals surface area contributed by atoms with E-state index in [1.54, 1.807) is 19.1 Å². The quantitative estimate of drug-likeness (QED) is 0.500. The van der Waals surface area contributed by atoms with Gasteiger partial charge in [-0.15, -0.1) is 6.42 Å². The molecule has 114 valence electrons. The molecule has 0 saturated heterocycles. The average molecular weight is 316 g/mol. The second-order valence-corrected chi connectivity index (χ2v) is 5.03. The van der Waals surface area contributed by atoms with Gasteiger partial charge in [-0.3, -0.25) is 0 Å². The predicted octanol–water partition coefficient (Wildman–Crippen LogP) is 1.66. The lowest BCUT2D eigenvalue weighted by Crippen LogP contribution is -2.45. The molecule has 6 heteroatoms. The number of nitrogens with one attached hydrogen (secondary N) is 2. The highest BCUT2D eigenvalue weighted by Crippen LogP contribution is 2.28. The zero-order valence-corrected chi connectivity index (χ0v) is 13.1. The fourth-order valence-electron chi connectivity index (χ4n) is 2.21. The monoisotopic (exact) mass is 316 g/mol. The minimum atomic E-state index is -0.405. The number of methoxy groups -OCH3 is 1. The molecule has 1 aliphatic heterocycles. The first-order chi connectivity index (χ1) is 10.6. The molecule has 0 amide bonds. The van der Waals surface area contributed by atoms with Crippen molar-refractivity contribution in [3.63, 3.8) is 0 Å². The number of benzene rings is 1. The Morgan fingerprint density at radius 3 is 2.68 bits per heavy atom. The van der Waals surface area contributed by atoms with E-state index in [0.29, 0.717) is 22.1 Å². The van der Waals surface area contributed by atoms with E-state index in [1.165, 1.54) is 7.11 Å². The van der Waals surface area contributed by atoms with Crippen LogP contribution in [0.4, 0.5) is 0 Å². The highest BCUT2D eigenvalue weighted by molar-refractivity contribution is 7.80. The Kier molecular flexibility index (Phi) is 5.02. The molecular weight excluding hydrogens is 300 g/mol. The van der Waals surface area contributed by atoms with Gasteiger partial charge < -0.3 is 20.1 Å². The van der Waals surface area contributed by atoms with Gasteiger partial charge in [0.1, 0.15) is 12.4 Å². The maximum absolute atomic E-state index is 12.0. The maximum atomic E-state index is 12.0. The van der Waals surface area contributed by atoms with Gasteiger partial charge in [0.15, 0.2) is 5.11 Å². The van der Waals surface area contributed by atoms with Crippen molar-refractivity contribution in [3.8, 4) is 18.1 Å². The van der Waals surface area contributed by atoms with E-state index < -0.39 is 5.97 Å². The van der Waals surface area contributed by atoms with Gasteiger partial charge in [-0.05, 0) is 36.8 Å². The molecule has 2 N–H and O–H groups in total. The summed E-state index contributed by atoms with van der Waals surface area (Å²) in [6.45, 7) is 2.00. The lowest BCUT2D eigenvalue weighted by Gasteiger charge is -2.29. The van der Waals surface area contributed by atoms with Gasteiger partial charge in [0, 0.05) is 5.70 Å². The largest absolute Gasteiger partial charge is 0.481 e. The van der Waals surface area contributed by atoms with Crippen LogP contribution in [0.25, 0.3) is 0 Å². The van der Waals surface area contributed by atoms with Crippen molar-refractivity contribution >= 4 is 23.3 Å². The summed E-state index contributed by atoms with van der Waals surface area (Å²) in [5, 5.41) is 6.48. The summed E-state index contributed by atoms with van der Waals surface area (Å²) in [6, 6.07) is 6.93. The van der Waals surface area contributed by atoms with Crippen LogP contribution in [-0.4, -0.2) is 24.8 Å². The molecule has 1 heterocycles. The van der Waals surface area contributed by atoms with Crippen LogP contribution in [0.1, 0.15) is 18.5 Å². The van der Waals surface area contributed by atoms with Gasteiger partial charge in [0.05, 0.1) is 18.7 Å². The number of hydrogen-bond acceptors (Lipinski definition) is 4. The number of carbonyl (C=O) groups excluding carboxylic acids is 1. The summed E-state index contributed by atoms with van der Waals surface area (Å²) in [7, 11) is 1.35. The third-order valence-corrected chi connectivity index (χ3v) is 3.43. The van der Waals surface area contributed by atoms with Crippen LogP contribution >= 0.6 is 12.2 Å². The number of ether oxygens (including phenoxy) is 2. The van der Waals surface area contributed by atoms with E-state index in [2.05, 4.69) is 16.6 Å². The number of carbonyl (C=O) groups is 1. The zero-order chi connectivity index (χ0) is 16.1. The van der Waals surface area contributed by atoms with Crippen LogP contribution in [0, 0.1) is 12.3 Å². The van der Waals surface area contributed by atoms with Crippen LogP contribution in [0.2, 0.25) is 0 Å². The molecule has 0 saturated carbocycles. The molecule has 22 heavy (non-hydrogen) atoms. The maximum Gasteiger partial charge on any atom is 0.337 e. The summed E-state index contributed by atoms with van der Waals surface area (Å²) in [5.41, 5.74) is 2.04. The number of terminal acetylenes is 1. The fraction of sp³-hybridized carbons (Fsp3) is 0.250. The van der Waals surface area contributed by atoms with Gasteiger partial charge in [0.25, 0.3) is 0 Å². The van der Waals surface area contributed by atoms with E-state index in [-0.39, 0.29) is 12.6 Å². The van der Waals surface area contributed by atoms with Gasteiger partial charge in [-0.2, -0.15) is 0 Å². The van der Waals surface area contributed by atoms with E-state index >= 15 is 0 Å². The number of rotatable bonds is 4. The molecule has 1 atom stereocenters. The fourth-order valence-corrected chi connectivity index (χ4v) is 2.48. The summed E-state index contributed by atoms with van der Waals surface area (Å²) < 4.78 is 10.2. The summed E-state index contributed by atoms with van der Waals surface area (Å²) in [6.07, 6.45) is 5.16. The molecule has 1 aromatic rings. The van der Waals surface area contributed by atoms with E-state index in [9.17, 15) is 4.79 Å². The van der Waals surface area contributed by atoms with Crippen molar-refractivity contribution in [2.75, 3.05) is 13.7 Å². The van der Waals surface area contributed by atoms with Crippen molar-refractivity contribution in [2.24, 2.45) is 0 Å². The van der Waals surface area contributed by atoms with Crippen molar-refractivity contribution in [1.29, 1.82) is 0 Å². The number of esters is 1. The standard InChI is InChI=1S/C16H16N2O3S/c1-4-9-21-12-7-5-11(6-8-12)14-13(15(19)20-3)10(2)17-16(22)18-14/h1,5-8,14H,9H2,2-3H3,(H2,17,18,22)/t14-/m0/s1. The minimum Gasteiger partial charge on any atom is -0.481 e. The Hall–Kier alpha value is -2.52. The van der Waals surface area contributed by atoms with Crippen molar-refractivity contribution < 1.29 is 14.3 Å². The first-order valence-electron chi connectivity index (χ1n) is 6.59. The molecule has 2 rings (SSSR count). The molecule has 5 nitrogen and oxygen atoms in total.